The number of hydrogen-bond donors (Lipinski definition) is 1. The van der Waals surface area contributed by atoms with Crippen LogP contribution in [0.2, 0.25) is 0 Å². The van der Waals surface area contributed by atoms with Crippen LogP contribution in [0.3, 0.4) is 0 Å². The summed E-state index contributed by atoms with van der Waals surface area (Å²) in [7, 11) is 0. The van der Waals surface area contributed by atoms with E-state index in [0.717, 1.165) is 48.6 Å². The fourth-order valence-corrected chi connectivity index (χ4v) is 4.72. The molecule has 172 valence electrons. The highest BCUT2D eigenvalue weighted by molar-refractivity contribution is 6.21. The highest BCUT2D eigenvalue weighted by atomic mass is 16.2. The second-order valence-corrected chi connectivity index (χ2v) is 8.80. The van der Waals surface area contributed by atoms with Crippen LogP contribution < -0.4 is 5.32 Å². The maximum Gasteiger partial charge on any atom is 0.238 e. The number of piperidine rings is 1. The zero-order valence-corrected chi connectivity index (χ0v) is 19.1. The molecule has 3 aromatic rings. The second kappa shape index (κ2) is 10.0. The van der Waals surface area contributed by atoms with E-state index in [0.29, 0.717) is 18.5 Å². The minimum Gasteiger partial charge on any atom is -0.328 e. The number of hydrogen-bond acceptors (Lipinski definition) is 4. The topological polar surface area (TPSA) is 67.2 Å². The Hall–Kier alpha value is -3.77. The normalized spacial score (nSPS) is 16.9. The van der Waals surface area contributed by atoms with Crippen molar-refractivity contribution in [1.82, 2.24) is 14.5 Å². The first kappa shape index (κ1) is 22.0. The van der Waals surface area contributed by atoms with Crippen LogP contribution >= 0.6 is 0 Å². The molecule has 6 heteroatoms. The van der Waals surface area contributed by atoms with Crippen LogP contribution in [0.15, 0.2) is 85.2 Å². The van der Waals surface area contributed by atoms with Gasteiger partial charge in [-0.25, -0.2) is 4.98 Å². The summed E-state index contributed by atoms with van der Waals surface area (Å²) in [6, 6.07) is 18.4. The average molecular weight is 453 g/mol. The van der Waals surface area contributed by atoms with Crippen molar-refractivity contribution in [1.29, 1.82) is 0 Å². The van der Waals surface area contributed by atoms with Crippen LogP contribution in [-0.2, 0) is 9.59 Å². The number of ketones is 1. The van der Waals surface area contributed by atoms with Crippen molar-refractivity contribution in [3.8, 4) is 11.1 Å². The van der Waals surface area contributed by atoms with Crippen LogP contribution in [0.5, 0.6) is 0 Å². The van der Waals surface area contributed by atoms with E-state index < -0.39 is 0 Å². The molecule has 2 aromatic carbocycles. The molecule has 0 unspecified atom stereocenters. The molecule has 0 saturated carbocycles. The van der Waals surface area contributed by atoms with Gasteiger partial charge in [0.2, 0.25) is 5.91 Å². The number of carbonyl (C=O) groups is 2. The Morgan fingerprint density at radius 2 is 1.82 bits per heavy atom. The lowest BCUT2D eigenvalue weighted by Crippen LogP contribution is -2.39. The fourth-order valence-electron chi connectivity index (χ4n) is 4.72. The number of Topliss-reactive ketones (excluding diaryl/α,β-unsaturated/α-hetero) is 1. The summed E-state index contributed by atoms with van der Waals surface area (Å²) >= 11 is 0. The SMILES string of the molecule is O=C(CN1CCC(n2ccnc2C2=CC=CCC2=O)CC1)Nc1cccc(-c2ccccc2)c1. The number of anilines is 1. The summed E-state index contributed by atoms with van der Waals surface area (Å²) in [6.45, 7) is 2.02. The molecule has 5 rings (SSSR count). The Labute approximate surface area is 199 Å². The number of carbonyl (C=O) groups excluding carboxylic acids is 2. The molecule has 0 spiro atoms. The Kier molecular flexibility index (Phi) is 6.49. The third kappa shape index (κ3) is 4.92. The molecular weight excluding hydrogens is 424 g/mol. The van der Waals surface area contributed by atoms with E-state index in [4.69, 9.17) is 0 Å². The number of allylic oxidation sites excluding steroid dienone is 4. The van der Waals surface area contributed by atoms with E-state index in [-0.39, 0.29) is 17.7 Å². The first-order valence-electron chi connectivity index (χ1n) is 11.8. The molecule has 1 aromatic heterocycles. The van der Waals surface area contributed by atoms with Crippen LogP contribution in [-0.4, -0.2) is 45.8 Å². The average Bonchev–Trinajstić information content (AvgIpc) is 3.35. The van der Waals surface area contributed by atoms with Gasteiger partial charge in [-0.2, -0.15) is 0 Å². The fraction of sp³-hybridized carbons (Fsp3) is 0.250. The van der Waals surface area contributed by atoms with Crippen molar-refractivity contribution in [3.05, 3.63) is 91.0 Å². The van der Waals surface area contributed by atoms with Gasteiger partial charge in [-0.15, -0.1) is 0 Å². The minimum atomic E-state index is -0.00303. The van der Waals surface area contributed by atoms with Crippen molar-refractivity contribution in [2.45, 2.75) is 25.3 Å². The number of amides is 1. The number of nitrogens with zero attached hydrogens (tertiary/aromatic N) is 3. The number of benzene rings is 2. The van der Waals surface area contributed by atoms with Crippen LogP contribution in [0.1, 0.15) is 31.1 Å². The molecule has 2 aliphatic rings. The summed E-state index contributed by atoms with van der Waals surface area (Å²) < 4.78 is 2.13. The molecule has 6 nitrogen and oxygen atoms in total. The lowest BCUT2D eigenvalue weighted by atomic mass is 10.0. The molecule has 1 aliphatic heterocycles. The van der Waals surface area contributed by atoms with E-state index >= 15 is 0 Å². The van der Waals surface area contributed by atoms with Gasteiger partial charge in [-0.3, -0.25) is 14.5 Å². The Morgan fingerprint density at radius 3 is 2.62 bits per heavy atom. The molecule has 0 atom stereocenters. The monoisotopic (exact) mass is 452 g/mol. The number of rotatable bonds is 6. The standard InChI is InChI=1S/C28H28N4O2/c33-26-12-5-4-11-25(26)28-29-15-18-32(28)24-13-16-31(17-14-24)20-27(34)30-23-10-6-9-22(19-23)21-7-2-1-3-8-21/h1-11,15,18-19,24H,12-14,16-17,20H2,(H,30,34). The number of nitrogens with one attached hydrogen (secondary N) is 1. The third-order valence-electron chi connectivity index (χ3n) is 6.48. The van der Waals surface area contributed by atoms with Gasteiger partial charge in [0.05, 0.1) is 12.1 Å². The highest BCUT2D eigenvalue weighted by Gasteiger charge is 2.26. The first-order valence-corrected chi connectivity index (χ1v) is 11.8. The van der Waals surface area contributed by atoms with Gasteiger partial charge in [-0.1, -0.05) is 54.6 Å². The molecule has 1 saturated heterocycles. The van der Waals surface area contributed by atoms with E-state index in [2.05, 4.69) is 31.9 Å². The first-order chi connectivity index (χ1) is 16.7. The predicted octanol–water partition coefficient (Wildman–Crippen LogP) is 4.74. The summed E-state index contributed by atoms with van der Waals surface area (Å²) in [6.07, 6.45) is 11.7. The Bertz CT molecular complexity index is 1230. The van der Waals surface area contributed by atoms with Crippen molar-refractivity contribution < 1.29 is 9.59 Å². The van der Waals surface area contributed by atoms with Crippen molar-refractivity contribution in [2.75, 3.05) is 25.0 Å². The van der Waals surface area contributed by atoms with Crippen molar-refractivity contribution in [2.24, 2.45) is 0 Å². The van der Waals surface area contributed by atoms with E-state index in [9.17, 15) is 9.59 Å². The summed E-state index contributed by atoms with van der Waals surface area (Å²) in [4.78, 5) is 31.7. The second-order valence-electron chi connectivity index (χ2n) is 8.80. The molecule has 0 radical (unpaired) electrons. The molecule has 1 fully saturated rings. The van der Waals surface area contributed by atoms with Crippen LogP contribution in [0.25, 0.3) is 16.7 Å². The Morgan fingerprint density at radius 1 is 1.03 bits per heavy atom. The maximum atomic E-state index is 12.7. The lowest BCUT2D eigenvalue weighted by molar-refractivity contribution is -0.117. The molecule has 0 bridgehead atoms. The van der Waals surface area contributed by atoms with Crippen LogP contribution in [0, 0.1) is 0 Å². The number of imidazole rings is 1. The van der Waals surface area contributed by atoms with E-state index in [1.54, 1.807) is 6.20 Å². The number of aromatic nitrogens is 2. The predicted molar refractivity (Wildman–Crippen MR) is 134 cm³/mol. The number of likely N-dealkylation sites (tertiary alicyclic amines) is 1. The largest absolute Gasteiger partial charge is 0.328 e. The molecule has 1 N–H and O–H groups in total. The van der Waals surface area contributed by atoms with E-state index in [1.807, 2.05) is 66.9 Å². The van der Waals surface area contributed by atoms with Crippen LogP contribution in [0.4, 0.5) is 5.69 Å². The van der Waals surface area contributed by atoms with Gasteiger partial charge in [0, 0.05) is 43.6 Å². The zero-order chi connectivity index (χ0) is 23.3. The summed E-state index contributed by atoms with van der Waals surface area (Å²) in [5.41, 5.74) is 3.70. The quantitative estimate of drug-likeness (QED) is 0.587. The molecule has 1 amide bonds. The van der Waals surface area contributed by atoms with Gasteiger partial charge in [0.15, 0.2) is 5.78 Å². The Balaban J connectivity index is 1.17. The zero-order valence-electron chi connectivity index (χ0n) is 19.1. The van der Waals surface area contributed by atoms with Gasteiger partial charge in [0.1, 0.15) is 5.82 Å². The molecular formula is C28H28N4O2. The molecule has 2 heterocycles. The van der Waals surface area contributed by atoms with Crippen molar-refractivity contribution in [3.63, 3.8) is 0 Å². The summed E-state index contributed by atoms with van der Waals surface area (Å²) in [5, 5.41) is 3.05. The van der Waals surface area contributed by atoms with Gasteiger partial charge in [-0.05, 0) is 42.2 Å². The lowest BCUT2D eigenvalue weighted by Gasteiger charge is -2.33. The van der Waals surface area contributed by atoms with Gasteiger partial charge in [0.25, 0.3) is 0 Å². The third-order valence-corrected chi connectivity index (χ3v) is 6.48. The van der Waals surface area contributed by atoms with Gasteiger partial charge < -0.3 is 9.88 Å². The molecule has 1 aliphatic carbocycles. The smallest absolute Gasteiger partial charge is 0.238 e. The van der Waals surface area contributed by atoms with Gasteiger partial charge >= 0.3 is 0 Å². The minimum absolute atomic E-state index is 0.00303. The maximum absolute atomic E-state index is 12.7. The van der Waals surface area contributed by atoms with E-state index in [1.165, 1.54) is 0 Å². The molecule has 34 heavy (non-hydrogen) atoms. The summed E-state index contributed by atoms with van der Waals surface area (Å²) in [5.74, 6) is 0.862. The van der Waals surface area contributed by atoms with Crippen molar-refractivity contribution >= 4 is 23.0 Å². The highest BCUT2D eigenvalue weighted by Crippen LogP contribution is 2.28.